The quantitative estimate of drug-likeness (QED) is 0.201. The van der Waals surface area contributed by atoms with E-state index in [0.717, 1.165) is 82.6 Å². The molecular formula is C42H23NO3. The molecule has 214 valence electrons. The van der Waals surface area contributed by atoms with Gasteiger partial charge in [0.05, 0.1) is 22.1 Å². The topological polar surface area (TPSA) is 44.4 Å². The van der Waals surface area contributed by atoms with Crippen LogP contribution in [0.1, 0.15) is 0 Å². The molecule has 11 aromatic rings. The number of nitrogens with zero attached hydrogens (tertiary/aromatic N) is 1. The van der Waals surface area contributed by atoms with Crippen LogP contribution in [0.4, 0.5) is 0 Å². The maximum Gasteiger partial charge on any atom is 0.178 e. The molecule has 0 radical (unpaired) electrons. The summed E-state index contributed by atoms with van der Waals surface area (Å²) in [6, 6.07) is 48.7. The standard InChI is InChI=1S/C42H23NO3/c1-4-15-31-24(10-1)25-11-2-5-16-32(25)43(31)33-17-9-21-37-40(33)30-23-22-29-39-27(14-8-20-36(39)45-41(29)42(30)46-37)26-13-7-19-35-38(26)28-12-3-6-18-34(28)44-35/h1-23H. The first-order chi connectivity index (χ1) is 22.8. The highest BCUT2D eigenvalue weighted by Gasteiger charge is 2.22. The maximum atomic E-state index is 6.70. The van der Waals surface area contributed by atoms with Crippen LogP contribution in [0.3, 0.4) is 0 Å². The minimum atomic E-state index is 0.758. The minimum absolute atomic E-state index is 0.758. The van der Waals surface area contributed by atoms with Crippen molar-refractivity contribution in [1.29, 1.82) is 0 Å². The van der Waals surface area contributed by atoms with Crippen LogP contribution < -0.4 is 0 Å². The van der Waals surface area contributed by atoms with Gasteiger partial charge < -0.3 is 17.8 Å². The van der Waals surface area contributed by atoms with Crippen LogP contribution in [0.25, 0.3) is 104 Å². The third-order valence-corrected chi connectivity index (χ3v) is 9.62. The number of benzene rings is 7. The van der Waals surface area contributed by atoms with Crippen LogP contribution in [0.2, 0.25) is 0 Å². The van der Waals surface area contributed by atoms with Gasteiger partial charge in [-0.2, -0.15) is 0 Å². The molecule has 46 heavy (non-hydrogen) atoms. The van der Waals surface area contributed by atoms with Crippen molar-refractivity contribution < 1.29 is 13.3 Å². The Morgan fingerprint density at radius 2 is 0.804 bits per heavy atom. The Balaban J connectivity index is 1.22. The maximum absolute atomic E-state index is 6.70. The first kappa shape index (κ1) is 24.1. The average Bonchev–Trinajstić information content (AvgIpc) is 3.86. The molecule has 0 aliphatic heterocycles. The second kappa shape index (κ2) is 8.68. The lowest BCUT2D eigenvalue weighted by atomic mass is 9.95. The summed E-state index contributed by atoms with van der Waals surface area (Å²) in [6.45, 7) is 0. The van der Waals surface area contributed by atoms with E-state index < -0.39 is 0 Å². The normalized spacial score (nSPS) is 12.3. The third-order valence-electron chi connectivity index (χ3n) is 9.62. The zero-order chi connectivity index (χ0) is 29.9. The fourth-order valence-corrected chi connectivity index (χ4v) is 7.74. The van der Waals surface area contributed by atoms with Gasteiger partial charge in [0.2, 0.25) is 0 Å². The van der Waals surface area contributed by atoms with Crippen molar-refractivity contribution in [3.8, 4) is 16.8 Å². The number of rotatable bonds is 2. The van der Waals surface area contributed by atoms with E-state index in [2.05, 4.69) is 120 Å². The van der Waals surface area contributed by atoms with E-state index in [1.54, 1.807) is 0 Å². The van der Waals surface area contributed by atoms with Crippen LogP contribution in [-0.2, 0) is 0 Å². The number of hydrogen-bond acceptors (Lipinski definition) is 3. The summed E-state index contributed by atoms with van der Waals surface area (Å²) < 4.78 is 22.0. The van der Waals surface area contributed by atoms with Crippen molar-refractivity contribution in [1.82, 2.24) is 4.57 Å². The Kier molecular flexibility index (Phi) is 4.55. The second-order valence-electron chi connectivity index (χ2n) is 12.0. The molecule has 7 aromatic carbocycles. The lowest BCUT2D eigenvalue weighted by Gasteiger charge is -2.09. The van der Waals surface area contributed by atoms with Gasteiger partial charge in [-0.15, -0.1) is 0 Å². The largest absolute Gasteiger partial charge is 0.456 e. The van der Waals surface area contributed by atoms with Crippen LogP contribution in [0, 0.1) is 0 Å². The Morgan fingerprint density at radius 1 is 0.326 bits per heavy atom. The van der Waals surface area contributed by atoms with E-state index in [-0.39, 0.29) is 0 Å². The molecule has 0 saturated heterocycles. The molecule has 4 aromatic heterocycles. The first-order valence-electron chi connectivity index (χ1n) is 15.5. The van der Waals surface area contributed by atoms with E-state index in [9.17, 15) is 0 Å². The van der Waals surface area contributed by atoms with E-state index in [4.69, 9.17) is 13.3 Å². The van der Waals surface area contributed by atoms with Gasteiger partial charge in [-0.3, -0.25) is 0 Å². The number of hydrogen-bond donors (Lipinski definition) is 0. The van der Waals surface area contributed by atoms with E-state index in [1.165, 1.54) is 21.8 Å². The molecule has 11 rings (SSSR count). The Morgan fingerprint density at radius 3 is 1.48 bits per heavy atom. The van der Waals surface area contributed by atoms with Crippen molar-refractivity contribution in [3.05, 3.63) is 140 Å². The highest BCUT2D eigenvalue weighted by atomic mass is 16.4. The number of fused-ring (bicyclic) bond motifs is 13. The highest BCUT2D eigenvalue weighted by Crippen LogP contribution is 2.46. The summed E-state index contributed by atoms with van der Waals surface area (Å²) in [6.07, 6.45) is 0. The summed E-state index contributed by atoms with van der Waals surface area (Å²) >= 11 is 0. The molecule has 0 atom stereocenters. The SMILES string of the molecule is c1ccc2c(c1)oc1cccc(-c3cccc4oc5c(ccc6c5oc5cccc(-n7c8ccccc8c8ccccc87)c56)c34)c12. The van der Waals surface area contributed by atoms with Crippen molar-refractivity contribution in [2.24, 2.45) is 0 Å². The van der Waals surface area contributed by atoms with E-state index in [0.29, 0.717) is 0 Å². The van der Waals surface area contributed by atoms with Gasteiger partial charge in [0, 0.05) is 37.7 Å². The molecule has 0 bridgehead atoms. The molecular weight excluding hydrogens is 566 g/mol. The van der Waals surface area contributed by atoms with Crippen LogP contribution in [0.5, 0.6) is 0 Å². The molecule has 4 heteroatoms. The monoisotopic (exact) mass is 589 g/mol. The molecule has 0 amide bonds. The fraction of sp³-hybridized carbons (Fsp3) is 0. The number of aromatic nitrogens is 1. The van der Waals surface area contributed by atoms with Gasteiger partial charge in [0.15, 0.2) is 11.2 Å². The van der Waals surface area contributed by atoms with Crippen LogP contribution in [-0.4, -0.2) is 4.57 Å². The first-order valence-corrected chi connectivity index (χ1v) is 15.5. The highest BCUT2D eigenvalue weighted by molar-refractivity contribution is 6.25. The van der Waals surface area contributed by atoms with Crippen LogP contribution >= 0.6 is 0 Å². The predicted octanol–water partition coefficient (Wildman–Crippen LogP) is 12.1. The predicted molar refractivity (Wildman–Crippen MR) is 188 cm³/mol. The number of para-hydroxylation sites is 3. The average molecular weight is 590 g/mol. The van der Waals surface area contributed by atoms with Gasteiger partial charge in [-0.05, 0) is 65.7 Å². The second-order valence-corrected chi connectivity index (χ2v) is 12.0. The van der Waals surface area contributed by atoms with Crippen LogP contribution in [0.15, 0.2) is 153 Å². The number of furan rings is 3. The van der Waals surface area contributed by atoms with Gasteiger partial charge in [0.1, 0.15) is 22.3 Å². The smallest absolute Gasteiger partial charge is 0.178 e. The molecule has 0 N–H and O–H groups in total. The summed E-state index contributed by atoms with van der Waals surface area (Å²) in [5.41, 5.74) is 10.6. The summed E-state index contributed by atoms with van der Waals surface area (Å²) in [5, 5.41) is 8.88. The Hall–Kier alpha value is -6.26. The van der Waals surface area contributed by atoms with Crippen molar-refractivity contribution >= 4 is 87.6 Å². The third kappa shape index (κ3) is 3.03. The molecule has 4 nitrogen and oxygen atoms in total. The molecule has 4 heterocycles. The lowest BCUT2D eigenvalue weighted by molar-refractivity contribution is 0.633. The molecule has 0 aliphatic carbocycles. The lowest BCUT2D eigenvalue weighted by Crippen LogP contribution is -1.94. The molecule has 0 fully saturated rings. The summed E-state index contributed by atoms with van der Waals surface area (Å²) in [4.78, 5) is 0. The van der Waals surface area contributed by atoms with E-state index in [1.807, 2.05) is 24.3 Å². The van der Waals surface area contributed by atoms with Crippen molar-refractivity contribution in [2.45, 2.75) is 0 Å². The van der Waals surface area contributed by atoms with Gasteiger partial charge in [-0.1, -0.05) is 84.9 Å². The van der Waals surface area contributed by atoms with Crippen molar-refractivity contribution in [2.75, 3.05) is 0 Å². The molecule has 0 unspecified atom stereocenters. The Bertz CT molecular complexity index is 2980. The van der Waals surface area contributed by atoms with Gasteiger partial charge in [0.25, 0.3) is 0 Å². The fourth-order valence-electron chi connectivity index (χ4n) is 7.74. The zero-order valence-corrected chi connectivity index (χ0v) is 24.5. The summed E-state index contributed by atoms with van der Waals surface area (Å²) in [5.74, 6) is 0. The van der Waals surface area contributed by atoms with E-state index >= 15 is 0 Å². The minimum Gasteiger partial charge on any atom is -0.456 e. The van der Waals surface area contributed by atoms with Crippen molar-refractivity contribution in [3.63, 3.8) is 0 Å². The summed E-state index contributed by atoms with van der Waals surface area (Å²) in [7, 11) is 0. The van der Waals surface area contributed by atoms with Gasteiger partial charge in [-0.25, -0.2) is 0 Å². The van der Waals surface area contributed by atoms with Gasteiger partial charge >= 0.3 is 0 Å². The molecule has 0 spiro atoms. The Labute approximate surface area is 261 Å². The molecule has 0 aliphatic rings. The zero-order valence-electron chi connectivity index (χ0n) is 24.5. The molecule has 0 saturated carbocycles.